The quantitative estimate of drug-likeness (QED) is 0.261. The Morgan fingerprint density at radius 2 is 1.83 bits per heavy atom. The predicted octanol–water partition coefficient (Wildman–Crippen LogP) is 3.86. The average molecular weight is 447 g/mol. The number of hydrogen-bond acceptors (Lipinski definition) is 6. The van der Waals surface area contributed by atoms with Crippen molar-refractivity contribution in [1.82, 2.24) is 9.80 Å². The number of nitrogens with zero attached hydrogens (tertiary/aromatic N) is 2. The molecule has 0 unspecified atom stereocenters. The molecule has 0 spiro atoms. The van der Waals surface area contributed by atoms with Crippen LogP contribution in [0, 0.1) is 0 Å². The largest absolute Gasteiger partial charge is 0.465 e. The molecule has 0 aliphatic carbocycles. The second kappa shape index (κ2) is 10.7. The Morgan fingerprint density at radius 1 is 1.13 bits per heavy atom. The van der Waals surface area contributed by atoms with Crippen molar-refractivity contribution in [2.75, 3.05) is 26.7 Å². The lowest BCUT2D eigenvalue weighted by molar-refractivity contribution is -0.130. The molecule has 8 heteroatoms. The van der Waals surface area contributed by atoms with Crippen LogP contribution in [0.5, 0.6) is 0 Å². The molecule has 1 aromatic carbocycles. The van der Waals surface area contributed by atoms with Crippen LogP contribution in [0.2, 0.25) is 0 Å². The lowest BCUT2D eigenvalue weighted by atomic mass is 10.1. The van der Waals surface area contributed by atoms with Crippen LogP contribution >= 0.6 is 24.0 Å². The van der Waals surface area contributed by atoms with E-state index in [-0.39, 0.29) is 11.8 Å². The number of hydrogen-bond donors (Lipinski definition) is 0. The summed E-state index contributed by atoms with van der Waals surface area (Å²) < 4.78 is 5.25. The fraction of sp³-hybridized carbons (Fsp3) is 0.455. The summed E-state index contributed by atoms with van der Waals surface area (Å²) in [7, 11) is 1.34. The first-order chi connectivity index (χ1) is 14.5. The number of amides is 2. The topological polar surface area (TPSA) is 66.9 Å². The van der Waals surface area contributed by atoms with E-state index in [1.54, 1.807) is 35.2 Å². The lowest BCUT2D eigenvalue weighted by Gasteiger charge is -2.16. The van der Waals surface area contributed by atoms with Crippen molar-refractivity contribution in [3.8, 4) is 0 Å². The summed E-state index contributed by atoms with van der Waals surface area (Å²) in [6.07, 6.45) is 7.15. The van der Waals surface area contributed by atoms with Gasteiger partial charge in [-0.15, -0.1) is 0 Å². The van der Waals surface area contributed by atoms with Crippen LogP contribution in [0.15, 0.2) is 29.2 Å². The van der Waals surface area contributed by atoms with Crippen LogP contribution < -0.4 is 0 Å². The molecule has 0 atom stereocenters. The van der Waals surface area contributed by atoms with Gasteiger partial charge in [0.2, 0.25) is 5.91 Å². The Balaban J connectivity index is 1.46. The second-order valence-electron chi connectivity index (χ2n) is 7.35. The number of carbonyl (C=O) groups is 3. The van der Waals surface area contributed by atoms with Gasteiger partial charge in [-0.3, -0.25) is 14.5 Å². The van der Waals surface area contributed by atoms with Crippen molar-refractivity contribution in [2.24, 2.45) is 0 Å². The van der Waals surface area contributed by atoms with Gasteiger partial charge in [-0.2, -0.15) is 0 Å². The van der Waals surface area contributed by atoms with Crippen LogP contribution in [0.4, 0.5) is 0 Å². The van der Waals surface area contributed by atoms with E-state index in [1.165, 1.54) is 18.9 Å². The third-order valence-electron chi connectivity index (χ3n) is 5.23. The van der Waals surface area contributed by atoms with Crippen molar-refractivity contribution < 1.29 is 19.1 Å². The molecule has 0 saturated carbocycles. The van der Waals surface area contributed by atoms with Crippen molar-refractivity contribution in [1.29, 1.82) is 0 Å². The van der Waals surface area contributed by atoms with Crippen molar-refractivity contribution in [3.63, 3.8) is 0 Å². The maximum absolute atomic E-state index is 12.7. The van der Waals surface area contributed by atoms with E-state index >= 15 is 0 Å². The number of thiocarbonyl (C=S) groups is 1. The normalized spacial score (nSPS) is 17.8. The maximum atomic E-state index is 12.7. The number of thioether (sulfide) groups is 1. The van der Waals surface area contributed by atoms with E-state index in [2.05, 4.69) is 0 Å². The summed E-state index contributed by atoms with van der Waals surface area (Å²) in [5.41, 5.74) is 1.29. The molecule has 0 N–H and O–H groups in total. The van der Waals surface area contributed by atoms with E-state index in [0.717, 1.165) is 50.8 Å². The highest BCUT2D eigenvalue weighted by molar-refractivity contribution is 8.26. The summed E-state index contributed by atoms with van der Waals surface area (Å²) in [6, 6.07) is 6.88. The number of ether oxygens (including phenoxy) is 1. The van der Waals surface area contributed by atoms with Gasteiger partial charge in [-0.1, -0.05) is 42.5 Å². The SMILES string of the molecule is COC(=O)c1ccc(/C=C2\SC(=S)N(CCCCCC(=O)N3CCCC3)C2=O)cc1. The number of benzene rings is 1. The third-order valence-corrected chi connectivity index (χ3v) is 6.61. The van der Waals surface area contributed by atoms with Gasteiger partial charge < -0.3 is 9.64 Å². The lowest BCUT2D eigenvalue weighted by Crippen LogP contribution is -2.29. The van der Waals surface area contributed by atoms with Gasteiger partial charge in [0.05, 0.1) is 17.6 Å². The molecule has 0 radical (unpaired) electrons. The molecule has 2 aliphatic rings. The van der Waals surface area contributed by atoms with Gasteiger partial charge in [0.25, 0.3) is 5.91 Å². The van der Waals surface area contributed by atoms with Crippen LogP contribution in [0.3, 0.4) is 0 Å². The average Bonchev–Trinajstić information content (AvgIpc) is 3.38. The van der Waals surface area contributed by atoms with Gasteiger partial charge >= 0.3 is 5.97 Å². The minimum atomic E-state index is -0.394. The Labute approximate surface area is 186 Å². The highest BCUT2D eigenvalue weighted by Gasteiger charge is 2.31. The Bertz CT molecular complexity index is 845. The van der Waals surface area contributed by atoms with Crippen LogP contribution in [-0.2, 0) is 14.3 Å². The number of rotatable bonds is 8. The molecule has 160 valence electrons. The Kier molecular flexibility index (Phi) is 8.04. The second-order valence-corrected chi connectivity index (χ2v) is 9.02. The standard InChI is InChI=1S/C22H26N2O4S2/c1-28-21(27)17-10-8-16(9-11-17)15-18-20(26)24(22(29)30-18)14-4-2-3-7-19(25)23-12-5-6-13-23/h8-11,15H,2-7,12-14H2,1H3/b18-15-. The smallest absolute Gasteiger partial charge is 0.337 e. The first-order valence-corrected chi connectivity index (χ1v) is 11.4. The van der Waals surface area contributed by atoms with Crippen LogP contribution in [-0.4, -0.2) is 58.6 Å². The molecule has 2 fully saturated rings. The van der Waals surface area contributed by atoms with E-state index < -0.39 is 5.97 Å². The van der Waals surface area contributed by atoms with E-state index in [9.17, 15) is 14.4 Å². The van der Waals surface area contributed by atoms with Gasteiger partial charge in [0.1, 0.15) is 4.32 Å². The van der Waals surface area contributed by atoms with Crippen molar-refractivity contribution in [3.05, 3.63) is 40.3 Å². The minimum absolute atomic E-state index is 0.0878. The first-order valence-electron chi connectivity index (χ1n) is 10.2. The highest BCUT2D eigenvalue weighted by Crippen LogP contribution is 2.32. The van der Waals surface area contributed by atoms with Gasteiger partial charge in [-0.05, 0) is 49.5 Å². The summed E-state index contributed by atoms with van der Waals surface area (Å²) >= 11 is 6.67. The van der Waals surface area contributed by atoms with Crippen molar-refractivity contribution in [2.45, 2.75) is 38.5 Å². The first kappa shape index (κ1) is 22.5. The molecule has 2 amide bonds. The molecular weight excluding hydrogens is 420 g/mol. The number of likely N-dealkylation sites (tertiary alicyclic amines) is 1. The molecule has 30 heavy (non-hydrogen) atoms. The Morgan fingerprint density at radius 3 is 2.50 bits per heavy atom. The number of carbonyl (C=O) groups excluding carboxylic acids is 3. The molecule has 0 aromatic heterocycles. The van der Waals surface area contributed by atoms with Crippen LogP contribution in [0.1, 0.15) is 54.4 Å². The highest BCUT2D eigenvalue weighted by atomic mass is 32.2. The predicted molar refractivity (Wildman–Crippen MR) is 122 cm³/mol. The number of esters is 1. The summed E-state index contributed by atoms with van der Waals surface area (Å²) in [6.45, 7) is 2.36. The zero-order valence-corrected chi connectivity index (χ0v) is 18.7. The number of unbranched alkanes of at least 4 members (excludes halogenated alkanes) is 2. The minimum Gasteiger partial charge on any atom is -0.465 e. The van der Waals surface area contributed by atoms with Crippen molar-refractivity contribution >= 4 is 52.2 Å². The summed E-state index contributed by atoms with van der Waals surface area (Å²) in [5, 5.41) is 0. The molecule has 6 nitrogen and oxygen atoms in total. The number of methoxy groups -OCH3 is 1. The zero-order chi connectivity index (χ0) is 21.5. The van der Waals surface area contributed by atoms with Gasteiger partial charge in [0, 0.05) is 26.1 Å². The van der Waals surface area contributed by atoms with Gasteiger partial charge in [-0.25, -0.2) is 4.79 Å². The molecule has 0 bridgehead atoms. The molecule has 1 aromatic rings. The fourth-order valence-corrected chi connectivity index (χ4v) is 4.83. The summed E-state index contributed by atoms with van der Waals surface area (Å²) in [4.78, 5) is 40.4. The molecule has 3 rings (SSSR count). The van der Waals surface area contributed by atoms with Gasteiger partial charge in [0.15, 0.2) is 0 Å². The van der Waals surface area contributed by atoms with Crippen LogP contribution in [0.25, 0.3) is 6.08 Å². The zero-order valence-electron chi connectivity index (χ0n) is 17.1. The maximum Gasteiger partial charge on any atom is 0.337 e. The molecule has 2 aliphatic heterocycles. The summed E-state index contributed by atoms with van der Waals surface area (Å²) in [5.74, 6) is -0.232. The van der Waals surface area contributed by atoms with E-state index in [1.807, 2.05) is 4.90 Å². The Hall–Kier alpha value is -2.19. The molecule has 2 saturated heterocycles. The fourth-order valence-electron chi connectivity index (χ4n) is 3.52. The molecular formula is C22H26N2O4S2. The van der Waals surface area contributed by atoms with E-state index in [4.69, 9.17) is 17.0 Å². The third kappa shape index (κ3) is 5.70. The van der Waals surface area contributed by atoms with E-state index in [0.29, 0.717) is 27.8 Å². The molecule has 2 heterocycles. The monoisotopic (exact) mass is 446 g/mol.